The van der Waals surface area contributed by atoms with Crippen LogP contribution in [0.5, 0.6) is 0 Å². The molecule has 0 radical (unpaired) electrons. The number of anilines is 1. The second-order valence-electron chi connectivity index (χ2n) is 6.20. The number of nitrogens with zero attached hydrogens (tertiary/aromatic N) is 2. The van der Waals surface area contributed by atoms with Crippen LogP contribution in [-0.2, 0) is 16.3 Å². The second kappa shape index (κ2) is 5.88. The summed E-state index contributed by atoms with van der Waals surface area (Å²) in [4.78, 5) is 6.65. The molecule has 2 heterocycles. The van der Waals surface area contributed by atoms with Crippen molar-refractivity contribution in [2.75, 3.05) is 29.5 Å². The van der Waals surface area contributed by atoms with E-state index in [0.717, 1.165) is 29.6 Å². The first-order valence-electron chi connectivity index (χ1n) is 7.81. The SMILES string of the molecule is CCc1ccc2nccc(N3CCS(=O)(=O)CC(C)C3)c2c1. The summed E-state index contributed by atoms with van der Waals surface area (Å²) in [7, 11) is -2.93. The monoisotopic (exact) mass is 318 g/mol. The summed E-state index contributed by atoms with van der Waals surface area (Å²) in [6.07, 6.45) is 2.79. The first-order valence-corrected chi connectivity index (χ1v) is 9.63. The lowest BCUT2D eigenvalue weighted by Crippen LogP contribution is -2.29. The van der Waals surface area contributed by atoms with E-state index in [1.165, 1.54) is 5.56 Å². The van der Waals surface area contributed by atoms with Crippen LogP contribution in [0.1, 0.15) is 19.4 Å². The maximum atomic E-state index is 12.0. The average molecular weight is 318 g/mol. The molecule has 1 aromatic carbocycles. The molecule has 2 aromatic rings. The second-order valence-corrected chi connectivity index (χ2v) is 8.43. The molecule has 0 N–H and O–H groups in total. The third kappa shape index (κ3) is 3.09. The Hall–Kier alpha value is -1.62. The van der Waals surface area contributed by atoms with Gasteiger partial charge in [-0.15, -0.1) is 0 Å². The minimum absolute atomic E-state index is 0.144. The normalized spacial score (nSPS) is 21.7. The van der Waals surface area contributed by atoms with Crippen molar-refractivity contribution in [3.05, 3.63) is 36.0 Å². The van der Waals surface area contributed by atoms with Crippen molar-refractivity contribution in [3.63, 3.8) is 0 Å². The van der Waals surface area contributed by atoms with E-state index in [-0.39, 0.29) is 17.4 Å². The lowest BCUT2D eigenvalue weighted by Gasteiger charge is -2.25. The number of fused-ring (bicyclic) bond motifs is 1. The lowest BCUT2D eigenvalue weighted by molar-refractivity contribution is 0.581. The maximum Gasteiger partial charge on any atom is 0.152 e. The Morgan fingerprint density at radius 1 is 1.32 bits per heavy atom. The largest absolute Gasteiger partial charge is 0.370 e. The minimum atomic E-state index is -2.93. The third-order valence-corrected chi connectivity index (χ3v) is 6.16. The van der Waals surface area contributed by atoms with Crippen molar-refractivity contribution < 1.29 is 8.42 Å². The van der Waals surface area contributed by atoms with Crippen LogP contribution < -0.4 is 4.90 Å². The Kier molecular flexibility index (Phi) is 4.08. The first-order chi connectivity index (χ1) is 10.5. The van der Waals surface area contributed by atoms with Gasteiger partial charge in [0.1, 0.15) is 0 Å². The van der Waals surface area contributed by atoms with Crippen molar-refractivity contribution in [1.82, 2.24) is 4.98 Å². The zero-order chi connectivity index (χ0) is 15.7. The van der Waals surface area contributed by atoms with Gasteiger partial charge < -0.3 is 4.90 Å². The molecule has 1 fully saturated rings. The molecule has 0 amide bonds. The molecule has 22 heavy (non-hydrogen) atoms. The van der Waals surface area contributed by atoms with Crippen molar-refractivity contribution in [2.45, 2.75) is 20.3 Å². The Morgan fingerprint density at radius 2 is 2.14 bits per heavy atom. The molecule has 1 unspecified atom stereocenters. The highest BCUT2D eigenvalue weighted by Crippen LogP contribution is 2.28. The van der Waals surface area contributed by atoms with E-state index in [2.05, 4.69) is 35.0 Å². The smallest absolute Gasteiger partial charge is 0.152 e. The van der Waals surface area contributed by atoms with E-state index in [9.17, 15) is 8.42 Å². The van der Waals surface area contributed by atoms with Crippen LogP contribution in [0.4, 0.5) is 5.69 Å². The number of hydrogen-bond donors (Lipinski definition) is 0. The Labute approximate surface area is 132 Å². The Morgan fingerprint density at radius 3 is 2.91 bits per heavy atom. The van der Waals surface area contributed by atoms with Gasteiger partial charge in [0, 0.05) is 30.4 Å². The third-order valence-electron chi connectivity index (χ3n) is 4.27. The van der Waals surface area contributed by atoms with E-state index in [4.69, 9.17) is 0 Å². The van der Waals surface area contributed by atoms with Crippen LogP contribution in [0.3, 0.4) is 0 Å². The fraction of sp³-hybridized carbons (Fsp3) is 0.471. The predicted molar refractivity (Wildman–Crippen MR) is 91.2 cm³/mol. The summed E-state index contributed by atoms with van der Waals surface area (Å²) in [6, 6.07) is 8.35. The number of aromatic nitrogens is 1. The number of pyridine rings is 1. The summed E-state index contributed by atoms with van der Waals surface area (Å²) >= 11 is 0. The molecule has 1 aliphatic rings. The van der Waals surface area contributed by atoms with E-state index in [1.54, 1.807) is 0 Å². The molecule has 1 aromatic heterocycles. The fourth-order valence-electron chi connectivity index (χ4n) is 3.18. The van der Waals surface area contributed by atoms with Crippen molar-refractivity contribution in [3.8, 4) is 0 Å². The van der Waals surface area contributed by atoms with E-state index >= 15 is 0 Å². The van der Waals surface area contributed by atoms with Gasteiger partial charge in [0.2, 0.25) is 0 Å². The standard InChI is InChI=1S/C17H22N2O2S/c1-3-14-4-5-16-15(10-14)17(6-7-18-16)19-8-9-22(20,21)12-13(2)11-19/h4-7,10,13H,3,8-9,11-12H2,1-2H3. The van der Waals surface area contributed by atoms with Crippen molar-refractivity contribution >= 4 is 26.4 Å². The van der Waals surface area contributed by atoms with Crippen molar-refractivity contribution in [1.29, 1.82) is 0 Å². The first kappa shape index (κ1) is 15.3. The molecule has 0 saturated carbocycles. The highest BCUT2D eigenvalue weighted by atomic mass is 32.2. The summed E-state index contributed by atoms with van der Waals surface area (Å²) in [6.45, 7) is 5.48. The topological polar surface area (TPSA) is 50.3 Å². The van der Waals surface area contributed by atoms with Gasteiger partial charge in [-0.25, -0.2) is 8.42 Å². The van der Waals surface area contributed by atoms with Gasteiger partial charge in [0.25, 0.3) is 0 Å². The summed E-state index contributed by atoms with van der Waals surface area (Å²) < 4.78 is 24.0. The summed E-state index contributed by atoms with van der Waals surface area (Å²) in [5, 5.41) is 1.12. The number of benzene rings is 1. The molecule has 0 aliphatic carbocycles. The molecular weight excluding hydrogens is 296 g/mol. The zero-order valence-electron chi connectivity index (χ0n) is 13.1. The van der Waals surface area contributed by atoms with E-state index in [1.807, 2.05) is 19.2 Å². The van der Waals surface area contributed by atoms with Crippen LogP contribution >= 0.6 is 0 Å². The van der Waals surface area contributed by atoms with Gasteiger partial charge in [-0.2, -0.15) is 0 Å². The number of aryl methyl sites for hydroxylation is 1. The van der Waals surface area contributed by atoms with Crippen LogP contribution in [0, 0.1) is 5.92 Å². The number of hydrogen-bond acceptors (Lipinski definition) is 4. The predicted octanol–water partition coefficient (Wildman–Crippen LogP) is 2.67. The van der Waals surface area contributed by atoms with Gasteiger partial charge in [0.15, 0.2) is 9.84 Å². The molecule has 3 rings (SSSR count). The molecule has 1 atom stereocenters. The van der Waals surface area contributed by atoms with Crippen LogP contribution in [-0.4, -0.2) is 38.0 Å². The van der Waals surface area contributed by atoms with Gasteiger partial charge in [-0.3, -0.25) is 4.98 Å². The number of rotatable bonds is 2. The fourth-order valence-corrected chi connectivity index (χ4v) is 4.82. The molecule has 1 saturated heterocycles. The molecule has 1 aliphatic heterocycles. The van der Waals surface area contributed by atoms with Gasteiger partial charge >= 0.3 is 0 Å². The molecular formula is C17H22N2O2S. The highest BCUT2D eigenvalue weighted by Gasteiger charge is 2.25. The van der Waals surface area contributed by atoms with E-state index < -0.39 is 9.84 Å². The van der Waals surface area contributed by atoms with E-state index in [0.29, 0.717) is 6.54 Å². The Balaban J connectivity index is 2.05. The summed E-state index contributed by atoms with van der Waals surface area (Å²) in [5.74, 6) is 0.659. The zero-order valence-corrected chi connectivity index (χ0v) is 13.9. The van der Waals surface area contributed by atoms with Crippen LogP contribution in [0.15, 0.2) is 30.5 Å². The quantitative estimate of drug-likeness (QED) is 0.854. The molecule has 0 spiro atoms. The van der Waals surface area contributed by atoms with Gasteiger partial charge in [-0.1, -0.05) is 19.9 Å². The molecule has 4 nitrogen and oxygen atoms in total. The highest BCUT2D eigenvalue weighted by molar-refractivity contribution is 7.91. The molecule has 118 valence electrons. The summed E-state index contributed by atoms with van der Waals surface area (Å²) in [5.41, 5.74) is 3.34. The average Bonchev–Trinajstić information content (AvgIpc) is 2.63. The number of sulfone groups is 1. The Bertz CT molecular complexity index is 786. The maximum absolute atomic E-state index is 12.0. The van der Waals surface area contributed by atoms with Gasteiger partial charge in [-0.05, 0) is 36.1 Å². The lowest BCUT2D eigenvalue weighted by atomic mass is 10.1. The minimum Gasteiger partial charge on any atom is -0.370 e. The van der Waals surface area contributed by atoms with Crippen LogP contribution in [0.25, 0.3) is 10.9 Å². The molecule has 0 bridgehead atoms. The molecule has 5 heteroatoms. The van der Waals surface area contributed by atoms with Crippen LogP contribution in [0.2, 0.25) is 0 Å². The van der Waals surface area contributed by atoms with Gasteiger partial charge in [0.05, 0.1) is 17.0 Å². The van der Waals surface area contributed by atoms with Crippen molar-refractivity contribution in [2.24, 2.45) is 5.92 Å².